The minimum absolute atomic E-state index is 0.0154. The second-order valence-electron chi connectivity index (χ2n) is 19.1. The zero-order valence-corrected chi connectivity index (χ0v) is 43.4. The molecule has 0 radical (unpaired) electrons. The summed E-state index contributed by atoms with van der Waals surface area (Å²) in [6, 6.07) is 35.5. The lowest BCUT2D eigenvalue weighted by atomic mass is 9.80. The fourth-order valence-electron chi connectivity index (χ4n) is 8.52. The Labute approximate surface area is 409 Å². The SMILES string of the molecule is COc1ccc(C(OC[C@H]2O[C@@H](n3cnc4c(-c5cccc(C=O)c5)ncnc43)[C@H](O[Si](C)(C)C(C)(C)C)[C@@H]2OP(OCCC#N)N(C(C)C)C(C)C)(c2ccccc2)c2ccc(OC)cc2)cc1. The molecule has 7 rings (SSSR count). The number of nitriles is 1. The summed E-state index contributed by atoms with van der Waals surface area (Å²) in [5, 5.41) is 9.45. The number of hydrogen-bond acceptors (Lipinski definition) is 13. The molecule has 69 heavy (non-hydrogen) atoms. The molecule has 1 aliphatic heterocycles. The quantitative estimate of drug-likeness (QED) is 0.0221. The number of aldehydes is 1. The lowest BCUT2D eigenvalue weighted by molar-refractivity contribution is -0.0926. The molecule has 5 atom stereocenters. The van der Waals surface area contributed by atoms with Crippen molar-refractivity contribution in [2.45, 2.75) is 115 Å². The van der Waals surface area contributed by atoms with E-state index in [0.29, 0.717) is 33.9 Å². The number of methoxy groups -OCH3 is 2. The molecule has 0 bridgehead atoms. The molecule has 6 aromatic rings. The first-order chi connectivity index (χ1) is 33.1. The van der Waals surface area contributed by atoms with Gasteiger partial charge in [-0.3, -0.25) is 9.36 Å². The fraction of sp³-hybridized carbons (Fsp3) is 0.415. The number of benzene rings is 4. The van der Waals surface area contributed by atoms with Crippen molar-refractivity contribution in [3.8, 4) is 28.8 Å². The molecule has 0 N–H and O–H groups in total. The van der Waals surface area contributed by atoms with E-state index in [1.807, 2.05) is 83.4 Å². The number of aromatic nitrogens is 4. The van der Waals surface area contributed by atoms with Gasteiger partial charge in [0.25, 0.3) is 8.53 Å². The third kappa shape index (κ3) is 11.0. The highest BCUT2D eigenvalue weighted by Gasteiger charge is 2.54. The molecular weight excluding hydrogens is 908 g/mol. The Bertz CT molecular complexity index is 2620. The van der Waals surface area contributed by atoms with Gasteiger partial charge in [0.15, 0.2) is 20.2 Å². The molecule has 0 saturated carbocycles. The van der Waals surface area contributed by atoms with Crippen molar-refractivity contribution in [1.29, 1.82) is 5.26 Å². The third-order valence-corrected chi connectivity index (χ3v) is 19.6. The summed E-state index contributed by atoms with van der Waals surface area (Å²) in [6.07, 6.45) is 1.07. The molecule has 2 aromatic heterocycles. The van der Waals surface area contributed by atoms with Crippen LogP contribution in [0.5, 0.6) is 11.5 Å². The van der Waals surface area contributed by atoms with Gasteiger partial charge < -0.3 is 32.4 Å². The topological polar surface area (TPSA) is 152 Å². The molecule has 3 heterocycles. The predicted molar refractivity (Wildman–Crippen MR) is 270 cm³/mol. The van der Waals surface area contributed by atoms with Gasteiger partial charge in [-0.2, -0.15) is 5.26 Å². The van der Waals surface area contributed by atoms with Gasteiger partial charge in [-0.1, -0.05) is 93.6 Å². The largest absolute Gasteiger partial charge is 0.497 e. The van der Waals surface area contributed by atoms with Crippen molar-refractivity contribution in [2.75, 3.05) is 27.4 Å². The first kappa shape index (κ1) is 51.4. The standard InChI is InChI=1S/C53H65N6O8PSi/c1-36(2)59(37(3)4)68(64-30-16-29-54)66-48-45(33-63-53(40-19-13-12-14-20-40,41-21-25-43(61-8)26-22-41)42-23-27-44(62-9)28-24-42)65-51(49(48)67-69(10,11)52(5,6)7)58-35-57-47-46(55-34-56-50(47)58)39-18-15-17-38(31-39)32-60/h12-15,17-28,31-32,34-37,45,48-49,51H,16,30,33H2,1-11H3/t45-,48-,49-,51-,68?/m1/s1. The molecular formula is C53H65N6O8PSi. The van der Waals surface area contributed by atoms with Crippen LogP contribution in [0.4, 0.5) is 0 Å². The highest BCUT2D eigenvalue weighted by molar-refractivity contribution is 7.44. The van der Waals surface area contributed by atoms with Crippen LogP contribution in [-0.4, -0.2) is 96.6 Å². The zero-order valence-electron chi connectivity index (χ0n) is 41.5. The van der Waals surface area contributed by atoms with Crippen LogP contribution in [0.1, 0.15) is 88.2 Å². The van der Waals surface area contributed by atoms with Crippen molar-refractivity contribution in [1.82, 2.24) is 24.2 Å². The van der Waals surface area contributed by atoms with E-state index in [2.05, 4.69) is 89.4 Å². The van der Waals surface area contributed by atoms with Crippen molar-refractivity contribution in [3.63, 3.8) is 0 Å². The second kappa shape index (κ2) is 22.1. The highest BCUT2D eigenvalue weighted by Crippen LogP contribution is 2.53. The van der Waals surface area contributed by atoms with Gasteiger partial charge in [0.1, 0.15) is 59.2 Å². The number of nitrogens with zero attached hydrogens (tertiary/aromatic N) is 6. The van der Waals surface area contributed by atoms with Gasteiger partial charge >= 0.3 is 0 Å². The van der Waals surface area contributed by atoms with E-state index in [1.165, 1.54) is 6.33 Å². The molecule has 1 fully saturated rings. The molecule has 0 aliphatic carbocycles. The molecule has 1 saturated heterocycles. The Morgan fingerprint density at radius 3 is 2.03 bits per heavy atom. The van der Waals surface area contributed by atoms with Crippen LogP contribution in [-0.2, 0) is 28.5 Å². The molecule has 1 aliphatic rings. The number of ether oxygens (including phenoxy) is 4. The molecule has 14 nitrogen and oxygen atoms in total. The summed E-state index contributed by atoms with van der Waals surface area (Å²) < 4.78 is 52.0. The first-order valence-corrected chi connectivity index (χ1v) is 27.4. The Morgan fingerprint density at radius 1 is 0.841 bits per heavy atom. The van der Waals surface area contributed by atoms with Gasteiger partial charge in [0.05, 0.1) is 46.3 Å². The first-order valence-electron chi connectivity index (χ1n) is 23.4. The van der Waals surface area contributed by atoms with Gasteiger partial charge in [0.2, 0.25) is 0 Å². The van der Waals surface area contributed by atoms with Gasteiger partial charge in [0, 0.05) is 23.2 Å². The summed E-state index contributed by atoms with van der Waals surface area (Å²) in [5.41, 5.74) is 4.28. The Morgan fingerprint density at radius 2 is 1.46 bits per heavy atom. The number of hydrogen-bond donors (Lipinski definition) is 0. The van der Waals surface area contributed by atoms with Crippen LogP contribution in [0.3, 0.4) is 0 Å². The average Bonchev–Trinajstić information content (AvgIpc) is 3.92. The van der Waals surface area contributed by atoms with Crippen LogP contribution in [0, 0.1) is 11.3 Å². The van der Waals surface area contributed by atoms with Crippen LogP contribution in [0.15, 0.2) is 116 Å². The molecule has 364 valence electrons. The van der Waals surface area contributed by atoms with Crippen LogP contribution in [0.2, 0.25) is 18.1 Å². The van der Waals surface area contributed by atoms with Crippen LogP contribution in [0.25, 0.3) is 22.4 Å². The van der Waals surface area contributed by atoms with E-state index in [9.17, 15) is 10.1 Å². The lowest BCUT2D eigenvalue weighted by Crippen LogP contribution is -2.50. The molecule has 16 heteroatoms. The number of imidazole rings is 1. The van der Waals surface area contributed by atoms with E-state index in [1.54, 1.807) is 32.7 Å². The maximum atomic E-state index is 11.9. The van der Waals surface area contributed by atoms with Crippen LogP contribution < -0.4 is 9.47 Å². The zero-order chi connectivity index (χ0) is 49.5. The second-order valence-corrected chi connectivity index (χ2v) is 25.3. The maximum absolute atomic E-state index is 11.9. The number of carbonyl (C=O) groups is 1. The van der Waals surface area contributed by atoms with E-state index in [4.69, 9.17) is 42.4 Å². The van der Waals surface area contributed by atoms with Crippen molar-refractivity contribution in [3.05, 3.63) is 138 Å². The van der Waals surface area contributed by atoms with Crippen molar-refractivity contribution < 1.29 is 37.2 Å². The maximum Gasteiger partial charge on any atom is 0.259 e. The van der Waals surface area contributed by atoms with Gasteiger partial charge in [-0.05, 0) is 92.8 Å². The summed E-state index contributed by atoms with van der Waals surface area (Å²) in [7, 11) is -1.15. The summed E-state index contributed by atoms with van der Waals surface area (Å²) in [5.74, 6) is 1.41. The highest BCUT2D eigenvalue weighted by atomic mass is 31.2. The predicted octanol–water partition coefficient (Wildman–Crippen LogP) is 11.3. The summed E-state index contributed by atoms with van der Waals surface area (Å²) in [6.45, 7) is 19.7. The third-order valence-electron chi connectivity index (χ3n) is 13.0. The van der Waals surface area contributed by atoms with Gasteiger partial charge in [-0.25, -0.2) is 19.6 Å². The lowest BCUT2D eigenvalue weighted by Gasteiger charge is -2.42. The molecule has 0 spiro atoms. The molecule has 4 aromatic carbocycles. The van der Waals surface area contributed by atoms with Gasteiger partial charge in [-0.15, -0.1) is 0 Å². The van der Waals surface area contributed by atoms with E-state index < -0.39 is 47.0 Å². The van der Waals surface area contributed by atoms with E-state index >= 15 is 0 Å². The average molecular weight is 973 g/mol. The van der Waals surface area contributed by atoms with Crippen molar-refractivity contribution >= 4 is 34.3 Å². The van der Waals surface area contributed by atoms with Crippen molar-refractivity contribution in [2.24, 2.45) is 0 Å². The fourth-order valence-corrected chi connectivity index (χ4v) is 11.6. The minimum atomic E-state index is -2.64. The number of carbonyl (C=O) groups excluding carboxylic acids is 1. The van der Waals surface area contributed by atoms with Crippen LogP contribution >= 0.6 is 8.53 Å². The van der Waals surface area contributed by atoms with E-state index in [0.717, 1.165) is 28.5 Å². The minimum Gasteiger partial charge on any atom is -0.497 e. The Hall–Kier alpha value is -5.40. The normalized spacial score (nSPS) is 18.2. The summed E-state index contributed by atoms with van der Waals surface area (Å²) in [4.78, 5) is 26.2. The Kier molecular flexibility index (Phi) is 16.5. The monoisotopic (exact) mass is 972 g/mol. The number of rotatable bonds is 21. The molecule has 0 amide bonds. The molecule has 1 unspecified atom stereocenters. The summed E-state index contributed by atoms with van der Waals surface area (Å²) >= 11 is 0. The number of fused-ring (bicyclic) bond motifs is 1. The smallest absolute Gasteiger partial charge is 0.259 e. The Balaban J connectivity index is 1.43. The van der Waals surface area contributed by atoms with E-state index in [-0.39, 0.29) is 36.8 Å².